The predicted octanol–water partition coefficient (Wildman–Crippen LogP) is 3.66. The molecule has 0 spiro atoms. The van der Waals surface area contributed by atoms with Crippen molar-refractivity contribution in [2.45, 2.75) is 4.90 Å². The fourth-order valence-corrected chi connectivity index (χ4v) is 3.76. The Kier molecular flexibility index (Phi) is 7.16. The molecule has 0 unspecified atom stereocenters. The van der Waals surface area contributed by atoms with Gasteiger partial charge in [0, 0.05) is 5.69 Å². The van der Waals surface area contributed by atoms with Gasteiger partial charge in [-0.25, -0.2) is 12.8 Å². The summed E-state index contributed by atoms with van der Waals surface area (Å²) in [7, 11) is -1.08. The molecule has 0 radical (unpaired) electrons. The molecule has 0 aliphatic carbocycles. The highest BCUT2D eigenvalue weighted by Gasteiger charge is 2.17. The number of hydrogen-bond acceptors (Lipinski definition) is 6. The lowest BCUT2D eigenvalue weighted by Crippen LogP contribution is -2.20. The number of benzene rings is 3. The van der Waals surface area contributed by atoms with E-state index in [0.29, 0.717) is 17.2 Å². The maximum absolute atomic E-state index is 13.1. The van der Waals surface area contributed by atoms with Crippen LogP contribution in [0.2, 0.25) is 0 Å². The van der Waals surface area contributed by atoms with Gasteiger partial charge in [-0.3, -0.25) is 9.52 Å². The van der Waals surface area contributed by atoms with E-state index in [1.807, 2.05) is 0 Å². The van der Waals surface area contributed by atoms with Crippen molar-refractivity contribution in [3.8, 4) is 17.2 Å². The molecule has 0 saturated heterocycles. The Morgan fingerprint density at radius 3 is 2.19 bits per heavy atom. The molecule has 0 bridgehead atoms. The first-order valence-electron chi connectivity index (χ1n) is 9.34. The third kappa shape index (κ3) is 5.88. The Balaban J connectivity index is 1.69. The van der Waals surface area contributed by atoms with E-state index < -0.39 is 21.7 Å². The van der Waals surface area contributed by atoms with Crippen LogP contribution in [0, 0.1) is 5.82 Å². The molecular weight excluding hydrogens is 439 g/mol. The second-order valence-corrected chi connectivity index (χ2v) is 8.17. The number of hydrogen-bond donors (Lipinski definition) is 2. The number of nitrogens with one attached hydrogen (secondary N) is 2. The van der Waals surface area contributed by atoms with Gasteiger partial charge in [-0.1, -0.05) is 0 Å². The number of anilines is 2. The first-order chi connectivity index (χ1) is 15.3. The van der Waals surface area contributed by atoms with Crippen LogP contribution in [0.5, 0.6) is 17.2 Å². The summed E-state index contributed by atoms with van der Waals surface area (Å²) in [4.78, 5) is 12.1. The van der Waals surface area contributed by atoms with Crippen LogP contribution in [0.1, 0.15) is 0 Å². The standard InChI is InChI=1S/C22H21FN2O6S/c1-29-17-6-8-18(9-7-17)31-14-22(26)24-16-5-12-21(30-2)20(13-16)25-32(27,28)19-10-3-15(23)4-11-19/h3-13,25H,14H2,1-2H3,(H,24,26). The molecule has 168 valence electrons. The molecule has 0 aromatic heterocycles. The molecule has 0 aliphatic rings. The maximum atomic E-state index is 13.1. The smallest absolute Gasteiger partial charge is 0.262 e. The number of carbonyl (C=O) groups is 1. The van der Waals surface area contributed by atoms with Crippen LogP contribution in [-0.4, -0.2) is 35.2 Å². The Morgan fingerprint density at radius 1 is 0.906 bits per heavy atom. The average Bonchev–Trinajstić information content (AvgIpc) is 2.78. The van der Waals surface area contributed by atoms with Crippen molar-refractivity contribution < 1.29 is 31.8 Å². The van der Waals surface area contributed by atoms with Crippen molar-refractivity contribution in [3.05, 3.63) is 72.5 Å². The summed E-state index contributed by atoms with van der Waals surface area (Å²) < 4.78 is 56.4. The monoisotopic (exact) mass is 460 g/mol. The van der Waals surface area contributed by atoms with Crippen LogP contribution in [0.4, 0.5) is 15.8 Å². The van der Waals surface area contributed by atoms with Crippen molar-refractivity contribution >= 4 is 27.3 Å². The number of carbonyl (C=O) groups excluding carboxylic acids is 1. The first-order valence-corrected chi connectivity index (χ1v) is 10.8. The van der Waals surface area contributed by atoms with E-state index in [1.54, 1.807) is 37.4 Å². The molecule has 0 heterocycles. The van der Waals surface area contributed by atoms with Crippen molar-refractivity contribution in [1.82, 2.24) is 0 Å². The Hall–Kier alpha value is -3.79. The second-order valence-electron chi connectivity index (χ2n) is 6.49. The lowest BCUT2D eigenvalue weighted by atomic mass is 10.2. The molecule has 0 atom stereocenters. The average molecular weight is 460 g/mol. The van der Waals surface area contributed by atoms with E-state index in [2.05, 4.69) is 10.0 Å². The number of halogens is 1. The molecule has 0 saturated carbocycles. The molecule has 32 heavy (non-hydrogen) atoms. The summed E-state index contributed by atoms with van der Waals surface area (Å²) >= 11 is 0. The zero-order valence-corrected chi connectivity index (χ0v) is 18.1. The zero-order chi connectivity index (χ0) is 23.1. The van der Waals surface area contributed by atoms with Crippen LogP contribution >= 0.6 is 0 Å². The number of ether oxygens (including phenoxy) is 3. The number of amides is 1. The van der Waals surface area contributed by atoms with Gasteiger partial charge in [-0.2, -0.15) is 0 Å². The van der Waals surface area contributed by atoms with Crippen LogP contribution in [0.25, 0.3) is 0 Å². The van der Waals surface area contributed by atoms with E-state index in [4.69, 9.17) is 14.2 Å². The van der Waals surface area contributed by atoms with Gasteiger partial charge in [-0.15, -0.1) is 0 Å². The van der Waals surface area contributed by atoms with Gasteiger partial charge >= 0.3 is 0 Å². The summed E-state index contributed by atoms with van der Waals surface area (Å²) in [6.07, 6.45) is 0. The third-order valence-corrected chi connectivity index (χ3v) is 5.66. The third-order valence-electron chi connectivity index (χ3n) is 4.28. The van der Waals surface area contributed by atoms with Gasteiger partial charge in [0.15, 0.2) is 6.61 Å². The minimum absolute atomic E-state index is 0.102. The van der Waals surface area contributed by atoms with Crippen LogP contribution in [0.15, 0.2) is 71.6 Å². The highest BCUT2D eigenvalue weighted by Crippen LogP contribution is 2.30. The molecule has 0 fully saturated rings. The van der Waals surface area contributed by atoms with E-state index in [0.717, 1.165) is 24.3 Å². The van der Waals surface area contributed by atoms with Crippen LogP contribution in [0.3, 0.4) is 0 Å². The Labute approximate surface area is 185 Å². The maximum Gasteiger partial charge on any atom is 0.262 e. The SMILES string of the molecule is COc1ccc(OCC(=O)Nc2ccc(OC)c(NS(=O)(=O)c3ccc(F)cc3)c2)cc1. The van der Waals surface area contributed by atoms with Crippen LogP contribution < -0.4 is 24.2 Å². The molecule has 10 heteroatoms. The minimum Gasteiger partial charge on any atom is -0.497 e. The molecule has 1 amide bonds. The largest absolute Gasteiger partial charge is 0.497 e. The summed E-state index contributed by atoms with van der Waals surface area (Å²) in [5.74, 6) is 0.392. The zero-order valence-electron chi connectivity index (χ0n) is 17.3. The quantitative estimate of drug-likeness (QED) is 0.505. The van der Waals surface area contributed by atoms with Gasteiger partial charge < -0.3 is 19.5 Å². The highest BCUT2D eigenvalue weighted by molar-refractivity contribution is 7.92. The normalized spacial score (nSPS) is 10.8. The lowest BCUT2D eigenvalue weighted by Gasteiger charge is -2.14. The number of sulfonamides is 1. The fraction of sp³-hybridized carbons (Fsp3) is 0.136. The van der Waals surface area contributed by atoms with Crippen molar-refractivity contribution in [2.75, 3.05) is 30.9 Å². The highest BCUT2D eigenvalue weighted by atomic mass is 32.2. The Bertz CT molecular complexity index is 1180. The fourth-order valence-electron chi connectivity index (χ4n) is 2.70. The van der Waals surface area contributed by atoms with Gasteiger partial charge in [0.05, 0.1) is 24.8 Å². The number of rotatable bonds is 9. The lowest BCUT2D eigenvalue weighted by molar-refractivity contribution is -0.118. The molecule has 3 aromatic carbocycles. The predicted molar refractivity (Wildman–Crippen MR) is 117 cm³/mol. The molecule has 3 aromatic rings. The van der Waals surface area contributed by atoms with Gasteiger partial charge in [0.2, 0.25) is 0 Å². The minimum atomic E-state index is -4.00. The summed E-state index contributed by atoms with van der Waals surface area (Å²) in [5, 5.41) is 2.63. The topological polar surface area (TPSA) is 103 Å². The van der Waals surface area contributed by atoms with E-state index in [1.165, 1.54) is 19.2 Å². The summed E-state index contributed by atoms with van der Waals surface area (Å²) in [5.41, 5.74) is 0.427. The van der Waals surface area contributed by atoms with Crippen molar-refractivity contribution in [1.29, 1.82) is 0 Å². The number of methoxy groups -OCH3 is 2. The summed E-state index contributed by atoms with van der Waals surface area (Å²) in [6.45, 7) is -0.255. The molecule has 0 aliphatic heterocycles. The van der Waals surface area contributed by atoms with Crippen molar-refractivity contribution in [2.24, 2.45) is 0 Å². The van der Waals surface area contributed by atoms with Gasteiger partial charge in [-0.05, 0) is 66.7 Å². The molecule has 2 N–H and O–H groups in total. The molecule has 8 nitrogen and oxygen atoms in total. The molecular formula is C22H21FN2O6S. The second kappa shape index (κ2) is 10.0. The summed E-state index contributed by atoms with van der Waals surface area (Å²) in [6, 6.07) is 15.6. The van der Waals surface area contributed by atoms with Gasteiger partial charge in [0.25, 0.3) is 15.9 Å². The van der Waals surface area contributed by atoms with E-state index >= 15 is 0 Å². The van der Waals surface area contributed by atoms with Gasteiger partial charge in [0.1, 0.15) is 23.1 Å². The van der Waals surface area contributed by atoms with Crippen LogP contribution in [-0.2, 0) is 14.8 Å². The van der Waals surface area contributed by atoms with E-state index in [-0.39, 0.29) is 22.9 Å². The van der Waals surface area contributed by atoms with Crippen molar-refractivity contribution in [3.63, 3.8) is 0 Å². The van der Waals surface area contributed by atoms with E-state index in [9.17, 15) is 17.6 Å². The molecule has 3 rings (SSSR count). The first kappa shape index (κ1) is 22.9. The Morgan fingerprint density at radius 2 is 1.56 bits per heavy atom.